The monoisotopic (exact) mass is 322 g/mol. The zero-order chi connectivity index (χ0) is 16.8. The van der Waals surface area contributed by atoms with Crippen LogP contribution in [-0.4, -0.2) is 35.7 Å². The van der Waals surface area contributed by atoms with Gasteiger partial charge in [0.2, 0.25) is 17.7 Å². The van der Waals surface area contributed by atoms with Gasteiger partial charge in [-0.3, -0.25) is 19.3 Å². The molecule has 2 fully saturated rings. The number of carbonyl (C=O) groups excluding carboxylic acids is 3. The summed E-state index contributed by atoms with van der Waals surface area (Å²) in [5, 5.41) is 3.04. The van der Waals surface area contributed by atoms with Crippen LogP contribution in [0, 0.1) is 17.8 Å². The maximum atomic E-state index is 12.1. The lowest BCUT2D eigenvalue weighted by Crippen LogP contribution is -2.38. The average molecular weight is 322 g/mol. The van der Waals surface area contributed by atoms with E-state index in [1.165, 1.54) is 4.90 Å². The first-order chi connectivity index (χ1) is 11.0. The minimum absolute atomic E-state index is 0.0224. The number of likely N-dealkylation sites (tertiary alicyclic amines) is 1. The topological polar surface area (TPSA) is 66.5 Å². The van der Waals surface area contributed by atoms with E-state index < -0.39 is 0 Å². The van der Waals surface area contributed by atoms with Gasteiger partial charge < -0.3 is 5.32 Å². The maximum absolute atomic E-state index is 12.1. The Morgan fingerprint density at radius 3 is 2.43 bits per heavy atom. The number of carbonyl (C=O) groups is 3. The number of amides is 3. The standard InChI is InChI=1S/C18H30N2O3/c1-3-4-5-10-19-17(22)15-8-6-14(7-9-15)12-20-16(21)11-13(2)18(20)23/h13-15H,3-12H2,1-2H3,(H,19,22). The number of nitrogens with one attached hydrogen (secondary N) is 1. The molecule has 0 bridgehead atoms. The second-order valence-electron chi connectivity index (χ2n) is 7.16. The molecule has 1 heterocycles. The Hall–Kier alpha value is -1.39. The van der Waals surface area contributed by atoms with E-state index in [2.05, 4.69) is 12.2 Å². The fourth-order valence-electron chi connectivity index (χ4n) is 3.64. The van der Waals surface area contributed by atoms with Gasteiger partial charge in [-0.25, -0.2) is 0 Å². The summed E-state index contributed by atoms with van der Waals surface area (Å²) in [6, 6.07) is 0. The lowest BCUT2D eigenvalue weighted by Gasteiger charge is -2.30. The van der Waals surface area contributed by atoms with Gasteiger partial charge in [0, 0.05) is 31.3 Å². The fraction of sp³-hybridized carbons (Fsp3) is 0.833. The van der Waals surface area contributed by atoms with E-state index in [4.69, 9.17) is 0 Å². The molecule has 2 rings (SSSR count). The van der Waals surface area contributed by atoms with Gasteiger partial charge in [-0.05, 0) is 38.0 Å². The molecule has 0 aromatic rings. The molecule has 1 atom stereocenters. The summed E-state index contributed by atoms with van der Waals surface area (Å²) in [5.41, 5.74) is 0. The number of hydrogen-bond donors (Lipinski definition) is 1. The van der Waals surface area contributed by atoms with Gasteiger partial charge in [0.1, 0.15) is 0 Å². The highest BCUT2D eigenvalue weighted by Gasteiger charge is 2.37. The predicted octanol–water partition coefficient (Wildman–Crippen LogP) is 2.49. The zero-order valence-corrected chi connectivity index (χ0v) is 14.5. The maximum Gasteiger partial charge on any atom is 0.232 e. The van der Waals surface area contributed by atoms with E-state index in [-0.39, 0.29) is 29.6 Å². The molecule has 5 nitrogen and oxygen atoms in total. The average Bonchev–Trinajstić information content (AvgIpc) is 2.78. The van der Waals surface area contributed by atoms with Crippen LogP contribution < -0.4 is 5.32 Å². The molecule has 1 saturated carbocycles. The van der Waals surface area contributed by atoms with Crippen molar-refractivity contribution in [3.05, 3.63) is 0 Å². The van der Waals surface area contributed by atoms with Crippen molar-refractivity contribution in [2.24, 2.45) is 17.8 Å². The molecule has 1 saturated heterocycles. The Bertz CT molecular complexity index is 442. The molecule has 0 spiro atoms. The molecule has 1 aliphatic carbocycles. The highest BCUT2D eigenvalue weighted by molar-refractivity contribution is 6.03. The highest BCUT2D eigenvalue weighted by atomic mass is 16.2. The predicted molar refractivity (Wildman–Crippen MR) is 88.5 cm³/mol. The molecule has 3 amide bonds. The van der Waals surface area contributed by atoms with Crippen molar-refractivity contribution in [1.29, 1.82) is 0 Å². The molecular weight excluding hydrogens is 292 g/mol. The summed E-state index contributed by atoms with van der Waals surface area (Å²) in [6.45, 7) is 5.30. The van der Waals surface area contributed by atoms with Crippen LogP contribution in [0.2, 0.25) is 0 Å². The van der Waals surface area contributed by atoms with Gasteiger partial charge in [0.25, 0.3) is 0 Å². The lowest BCUT2D eigenvalue weighted by atomic mass is 9.81. The summed E-state index contributed by atoms with van der Waals surface area (Å²) in [6.07, 6.45) is 7.32. The molecule has 23 heavy (non-hydrogen) atoms. The fourth-order valence-corrected chi connectivity index (χ4v) is 3.64. The Morgan fingerprint density at radius 1 is 1.17 bits per heavy atom. The van der Waals surface area contributed by atoms with Crippen molar-refractivity contribution in [2.45, 2.75) is 65.2 Å². The quantitative estimate of drug-likeness (QED) is 0.578. The molecule has 0 aromatic heterocycles. The van der Waals surface area contributed by atoms with E-state index in [1.54, 1.807) is 0 Å². The first-order valence-corrected chi connectivity index (χ1v) is 9.14. The summed E-state index contributed by atoms with van der Waals surface area (Å²) in [5.74, 6) is 0.437. The SMILES string of the molecule is CCCCCNC(=O)C1CCC(CN2C(=O)CC(C)C2=O)CC1. The van der Waals surface area contributed by atoms with Crippen molar-refractivity contribution in [1.82, 2.24) is 10.2 Å². The number of hydrogen-bond acceptors (Lipinski definition) is 3. The van der Waals surface area contributed by atoms with Crippen molar-refractivity contribution in [3.63, 3.8) is 0 Å². The van der Waals surface area contributed by atoms with Crippen LogP contribution in [0.25, 0.3) is 0 Å². The van der Waals surface area contributed by atoms with Gasteiger partial charge in [-0.2, -0.15) is 0 Å². The molecule has 1 aliphatic heterocycles. The van der Waals surface area contributed by atoms with Crippen LogP contribution in [0.15, 0.2) is 0 Å². The Morgan fingerprint density at radius 2 is 1.87 bits per heavy atom. The van der Waals surface area contributed by atoms with Gasteiger partial charge >= 0.3 is 0 Å². The van der Waals surface area contributed by atoms with Crippen LogP contribution in [0.1, 0.15) is 65.2 Å². The normalized spacial score (nSPS) is 28.3. The second-order valence-corrected chi connectivity index (χ2v) is 7.16. The minimum Gasteiger partial charge on any atom is -0.356 e. The largest absolute Gasteiger partial charge is 0.356 e. The first-order valence-electron chi connectivity index (χ1n) is 9.14. The smallest absolute Gasteiger partial charge is 0.232 e. The molecule has 1 unspecified atom stereocenters. The Kier molecular flexibility index (Phi) is 6.60. The molecular formula is C18H30N2O3. The van der Waals surface area contributed by atoms with Gasteiger partial charge in [-0.15, -0.1) is 0 Å². The minimum atomic E-state index is -0.160. The third kappa shape index (κ3) is 4.79. The first kappa shape index (κ1) is 18.0. The zero-order valence-electron chi connectivity index (χ0n) is 14.5. The number of unbranched alkanes of at least 4 members (excludes halogenated alkanes) is 2. The molecule has 2 aliphatic rings. The van der Waals surface area contributed by atoms with E-state index in [9.17, 15) is 14.4 Å². The van der Waals surface area contributed by atoms with Crippen LogP contribution in [0.4, 0.5) is 0 Å². The van der Waals surface area contributed by atoms with Crippen LogP contribution in [0.5, 0.6) is 0 Å². The van der Waals surface area contributed by atoms with Crippen molar-refractivity contribution >= 4 is 17.7 Å². The summed E-state index contributed by atoms with van der Waals surface area (Å²) in [7, 11) is 0. The van der Waals surface area contributed by atoms with Crippen molar-refractivity contribution in [2.75, 3.05) is 13.1 Å². The molecule has 5 heteroatoms. The highest BCUT2D eigenvalue weighted by Crippen LogP contribution is 2.31. The summed E-state index contributed by atoms with van der Waals surface area (Å²) < 4.78 is 0. The second kappa shape index (κ2) is 8.46. The number of rotatable bonds is 7. The van der Waals surface area contributed by atoms with Gasteiger partial charge in [-0.1, -0.05) is 26.7 Å². The van der Waals surface area contributed by atoms with E-state index in [0.29, 0.717) is 18.9 Å². The lowest BCUT2D eigenvalue weighted by molar-refractivity contribution is -0.140. The Labute approximate surface area is 139 Å². The van der Waals surface area contributed by atoms with Gasteiger partial charge in [0.05, 0.1) is 0 Å². The van der Waals surface area contributed by atoms with E-state index in [0.717, 1.165) is 51.5 Å². The molecule has 0 radical (unpaired) electrons. The third-order valence-corrected chi connectivity index (χ3v) is 5.21. The van der Waals surface area contributed by atoms with Crippen LogP contribution in [-0.2, 0) is 14.4 Å². The van der Waals surface area contributed by atoms with E-state index >= 15 is 0 Å². The number of nitrogens with zero attached hydrogens (tertiary/aromatic N) is 1. The Balaban J connectivity index is 1.70. The summed E-state index contributed by atoms with van der Waals surface area (Å²) in [4.78, 5) is 37.4. The molecule has 130 valence electrons. The summed E-state index contributed by atoms with van der Waals surface area (Å²) >= 11 is 0. The van der Waals surface area contributed by atoms with Crippen molar-refractivity contribution < 1.29 is 14.4 Å². The van der Waals surface area contributed by atoms with Crippen LogP contribution >= 0.6 is 0 Å². The molecule has 1 N–H and O–H groups in total. The van der Waals surface area contributed by atoms with Gasteiger partial charge in [0.15, 0.2) is 0 Å². The van der Waals surface area contributed by atoms with Crippen LogP contribution in [0.3, 0.4) is 0 Å². The number of imide groups is 1. The van der Waals surface area contributed by atoms with E-state index in [1.807, 2.05) is 6.92 Å². The van der Waals surface area contributed by atoms with Crippen molar-refractivity contribution in [3.8, 4) is 0 Å². The molecule has 0 aromatic carbocycles. The third-order valence-electron chi connectivity index (χ3n) is 5.21.